The molecule has 0 radical (unpaired) electrons. The van der Waals surface area contributed by atoms with Gasteiger partial charge in [-0.2, -0.15) is 5.10 Å². The van der Waals surface area contributed by atoms with Gasteiger partial charge < -0.3 is 10.2 Å². The summed E-state index contributed by atoms with van der Waals surface area (Å²) >= 11 is 0. The fourth-order valence-electron chi connectivity index (χ4n) is 3.16. The molecule has 1 saturated heterocycles. The molecule has 0 spiro atoms. The van der Waals surface area contributed by atoms with Crippen molar-refractivity contribution >= 4 is 5.95 Å². The summed E-state index contributed by atoms with van der Waals surface area (Å²) in [6, 6.07) is 2.38. The third-order valence-electron chi connectivity index (χ3n) is 4.29. The van der Waals surface area contributed by atoms with Crippen molar-refractivity contribution in [2.24, 2.45) is 0 Å². The second-order valence-electron chi connectivity index (χ2n) is 6.40. The van der Waals surface area contributed by atoms with Gasteiger partial charge in [0.25, 0.3) is 0 Å². The van der Waals surface area contributed by atoms with Gasteiger partial charge in [0.1, 0.15) is 0 Å². The number of hydrogen-bond donors (Lipinski definition) is 1. The highest BCUT2D eigenvalue weighted by molar-refractivity contribution is 5.61. The van der Waals surface area contributed by atoms with E-state index in [9.17, 15) is 0 Å². The summed E-state index contributed by atoms with van der Waals surface area (Å²) in [4.78, 5) is 11.4. The average molecular weight is 314 g/mol. The number of piperidine rings is 1. The summed E-state index contributed by atoms with van der Waals surface area (Å²) in [5, 5.41) is 8.04. The molecule has 1 atom stereocenters. The number of rotatable bonds is 5. The molecule has 124 valence electrons. The first-order valence-electron chi connectivity index (χ1n) is 8.48. The molecule has 3 heterocycles. The van der Waals surface area contributed by atoms with Crippen molar-refractivity contribution in [1.29, 1.82) is 0 Å². The Balaban J connectivity index is 1.77. The van der Waals surface area contributed by atoms with Gasteiger partial charge in [-0.05, 0) is 45.8 Å². The minimum absolute atomic E-state index is 0.424. The van der Waals surface area contributed by atoms with Crippen LogP contribution in [0.5, 0.6) is 0 Å². The standard InChI is InChI=1S/C17H26N6/c1-4-9-23-12-15(13(2)21-23)16-7-8-18-17(20-16)19-14-6-5-10-22(3)11-14/h7-8,12,14H,4-6,9-11H2,1-3H3,(H,18,19,20). The van der Waals surface area contributed by atoms with Crippen molar-refractivity contribution in [3.8, 4) is 11.3 Å². The van der Waals surface area contributed by atoms with Crippen LogP contribution < -0.4 is 5.32 Å². The van der Waals surface area contributed by atoms with Crippen LogP contribution in [0, 0.1) is 6.92 Å². The molecule has 6 heteroatoms. The molecule has 0 saturated carbocycles. The number of hydrogen-bond acceptors (Lipinski definition) is 5. The molecule has 2 aromatic rings. The van der Waals surface area contributed by atoms with Crippen molar-refractivity contribution in [3.63, 3.8) is 0 Å². The van der Waals surface area contributed by atoms with E-state index in [-0.39, 0.29) is 0 Å². The molecule has 2 aromatic heterocycles. The highest BCUT2D eigenvalue weighted by atomic mass is 15.3. The van der Waals surface area contributed by atoms with Crippen LogP contribution in [0.3, 0.4) is 0 Å². The summed E-state index contributed by atoms with van der Waals surface area (Å²) in [7, 11) is 2.16. The van der Waals surface area contributed by atoms with E-state index < -0.39 is 0 Å². The minimum Gasteiger partial charge on any atom is -0.350 e. The third-order valence-corrected chi connectivity index (χ3v) is 4.29. The van der Waals surface area contributed by atoms with Crippen LogP contribution in [0.4, 0.5) is 5.95 Å². The zero-order chi connectivity index (χ0) is 16.2. The number of nitrogens with one attached hydrogen (secondary N) is 1. The SMILES string of the molecule is CCCn1cc(-c2ccnc(NC3CCCN(C)C3)n2)c(C)n1. The zero-order valence-electron chi connectivity index (χ0n) is 14.3. The van der Waals surface area contributed by atoms with Crippen molar-refractivity contribution in [2.75, 3.05) is 25.5 Å². The quantitative estimate of drug-likeness (QED) is 0.919. The Morgan fingerprint density at radius 3 is 3.04 bits per heavy atom. The van der Waals surface area contributed by atoms with Gasteiger partial charge in [0, 0.05) is 37.1 Å². The average Bonchev–Trinajstić information content (AvgIpc) is 2.89. The fraction of sp³-hybridized carbons (Fsp3) is 0.588. The molecule has 1 unspecified atom stereocenters. The van der Waals surface area contributed by atoms with Crippen LogP contribution in [0.25, 0.3) is 11.3 Å². The van der Waals surface area contributed by atoms with E-state index in [1.54, 1.807) is 0 Å². The Kier molecular flexibility index (Phi) is 4.91. The Morgan fingerprint density at radius 2 is 2.26 bits per heavy atom. The Labute approximate surface area is 137 Å². The van der Waals surface area contributed by atoms with Gasteiger partial charge in [-0.1, -0.05) is 6.92 Å². The third kappa shape index (κ3) is 3.88. The predicted molar refractivity (Wildman–Crippen MR) is 92.4 cm³/mol. The lowest BCUT2D eigenvalue weighted by Gasteiger charge is -2.30. The van der Waals surface area contributed by atoms with E-state index in [0.29, 0.717) is 12.0 Å². The highest BCUT2D eigenvalue weighted by Crippen LogP contribution is 2.22. The molecule has 0 amide bonds. The summed E-state index contributed by atoms with van der Waals surface area (Å²) in [6.45, 7) is 7.35. The maximum atomic E-state index is 4.70. The van der Waals surface area contributed by atoms with Gasteiger partial charge in [0.2, 0.25) is 5.95 Å². The van der Waals surface area contributed by atoms with Crippen LogP contribution in [-0.2, 0) is 6.54 Å². The lowest BCUT2D eigenvalue weighted by atomic mass is 10.1. The first-order valence-corrected chi connectivity index (χ1v) is 8.48. The molecule has 1 N–H and O–H groups in total. The smallest absolute Gasteiger partial charge is 0.223 e. The maximum Gasteiger partial charge on any atom is 0.223 e. The summed E-state index contributed by atoms with van der Waals surface area (Å²) in [5.41, 5.74) is 3.04. The number of aromatic nitrogens is 4. The molecular weight excluding hydrogens is 288 g/mol. The van der Waals surface area contributed by atoms with Gasteiger partial charge in [0.15, 0.2) is 0 Å². The molecule has 1 fully saturated rings. The number of likely N-dealkylation sites (N-methyl/N-ethyl adjacent to an activating group) is 1. The lowest BCUT2D eigenvalue weighted by molar-refractivity contribution is 0.260. The Hall–Kier alpha value is -1.95. The summed E-state index contributed by atoms with van der Waals surface area (Å²) in [5.74, 6) is 0.713. The lowest BCUT2D eigenvalue weighted by Crippen LogP contribution is -2.40. The minimum atomic E-state index is 0.424. The van der Waals surface area contributed by atoms with E-state index in [1.807, 2.05) is 23.9 Å². The van der Waals surface area contributed by atoms with Crippen LogP contribution >= 0.6 is 0 Å². The van der Waals surface area contributed by atoms with Gasteiger partial charge in [-0.3, -0.25) is 4.68 Å². The number of anilines is 1. The summed E-state index contributed by atoms with van der Waals surface area (Å²) in [6.07, 6.45) is 7.38. The summed E-state index contributed by atoms with van der Waals surface area (Å²) < 4.78 is 2.00. The molecule has 0 aromatic carbocycles. The fourth-order valence-corrected chi connectivity index (χ4v) is 3.16. The maximum absolute atomic E-state index is 4.70. The first kappa shape index (κ1) is 15.9. The molecule has 0 aliphatic carbocycles. The number of aryl methyl sites for hydroxylation is 2. The predicted octanol–water partition coefficient (Wildman–Crippen LogP) is 2.56. The molecule has 6 nitrogen and oxygen atoms in total. The number of likely N-dealkylation sites (tertiary alicyclic amines) is 1. The molecular formula is C17H26N6. The monoisotopic (exact) mass is 314 g/mol. The topological polar surface area (TPSA) is 58.9 Å². The van der Waals surface area contributed by atoms with Crippen molar-refractivity contribution in [1.82, 2.24) is 24.6 Å². The molecule has 1 aliphatic heterocycles. The second kappa shape index (κ2) is 7.08. The van der Waals surface area contributed by atoms with E-state index in [0.717, 1.165) is 36.5 Å². The van der Waals surface area contributed by atoms with Gasteiger partial charge >= 0.3 is 0 Å². The number of nitrogens with zero attached hydrogens (tertiary/aromatic N) is 5. The zero-order valence-corrected chi connectivity index (χ0v) is 14.3. The van der Waals surface area contributed by atoms with Crippen LogP contribution in [0.15, 0.2) is 18.5 Å². The van der Waals surface area contributed by atoms with Crippen molar-refractivity contribution in [3.05, 3.63) is 24.2 Å². The highest BCUT2D eigenvalue weighted by Gasteiger charge is 2.18. The first-order chi connectivity index (χ1) is 11.2. The van der Waals surface area contributed by atoms with Gasteiger partial charge in [0.05, 0.1) is 11.4 Å². The molecule has 3 rings (SSSR count). The largest absolute Gasteiger partial charge is 0.350 e. The van der Waals surface area contributed by atoms with E-state index in [2.05, 4.69) is 40.5 Å². The van der Waals surface area contributed by atoms with Crippen LogP contribution in [0.1, 0.15) is 31.9 Å². The van der Waals surface area contributed by atoms with Crippen LogP contribution in [-0.4, -0.2) is 50.8 Å². The second-order valence-corrected chi connectivity index (χ2v) is 6.40. The van der Waals surface area contributed by atoms with E-state index in [1.165, 1.54) is 19.4 Å². The molecule has 23 heavy (non-hydrogen) atoms. The van der Waals surface area contributed by atoms with Crippen LogP contribution in [0.2, 0.25) is 0 Å². The molecule has 1 aliphatic rings. The molecule has 0 bridgehead atoms. The van der Waals surface area contributed by atoms with Gasteiger partial charge in [-0.25, -0.2) is 9.97 Å². The Morgan fingerprint density at radius 1 is 1.39 bits per heavy atom. The van der Waals surface area contributed by atoms with Crippen molar-refractivity contribution in [2.45, 2.75) is 45.7 Å². The van der Waals surface area contributed by atoms with Gasteiger partial charge in [-0.15, -0.1) is 0 Å². The van der Waals surface area contributed by atoms with E-state index >= 15 is 0 Å². The van der Waals surface area contributed by atoms with E-state index in [4.69, 9.17) is 4.98 Å². The Bertz CT molecular complexity index is 650. The van der Waals surface area contributed by atoms with Crippen molar-refractivity contribution < 1.29 is 0 Å². The normalized spacial score (nSPS) is 19.0.